The fourth-order valence-electron chi connectivity index (χ4n) is 1.56. The van der Waals surface area contributed by atoms with Gasteiger partial charge in [0.25, 0.3) is 10.0 Å². The molecule has 0 saturated carbocycles. The normalized spacial score (nSPS) is 11.1. The summed E-state index contributed by atoms with van der Waals surface area (Å²) in [6.07, 6.45) is 4.40. The molecule has 0 aromatic carbocycles. The van der Waals surface area contributed by atoms with Crippen molar-refractivity contribution in [3.05, 3.63) is 42.6 Å². The number of pyridine rings is 2. The molecule has 0 spiro atoms. The number of hydrogen-bond donors (Lipinski definition) is 2. The Bertz CT molecular complexity index is 704. The molecule has 8 heteroatoms. The lowest BCUT2D eigenvalue weighted by molar-refractivity contribution is 0.597. The van der Waals surface area contributed by atoms with Gasteiger partial charge in [0.2, 0.25) is 0 Å². The molecule has 2 rings (SSSR count). The van der Waals surface area contributed by atoms with Crippen LogP contribution in [0.15, 0.2) is 41.7 Å². The Kier molecular flexibility index (Phi) is 4.69. The number of nitrogens with zero attached hydrogens (tertiary/aromatic N) is 2. The van der Waals surface area contributed by atoms with Crippen molar-refractivity contribution in [2.75, 3.05) is 16.6 Å². The molecule has 0 aliphatic rings. The highest BCUT2D eigenvalue weighted by molar-refractivity contribution is 7.92. The quantitative estimate of drug-likeness (QED) is 0.855. The Morgan fingerprint density at radius 3 is 2.67 bits per heavy atom. The van der Waals surface area contributed by atoms with Crippen LogP contribution in [0.1, 0.15) is 13.3 Å². The van der Waals surface area contributed by atoms with Gasteiger partial charge >= 0.3 is 0 Å². The van der Waals surface area contributed by atoms with Gasteiger partial charge in [-0.05, 0) is 24.6 Å². The van der Waals surface area contributed by atoms with Gasteiger partial charge in [0, 0.05) is 18.9 Å². The fourth-order valence-corrected chi connectivity index (χ4v) is 2.57. The van der Waals surface area contributed by atoms with E-state index in [-0.39, 0.29) is 10.6 Å². The summed E-state index contributed by atoms with van der Waals surface area (Å²) in [6, 6.07) is 4.22. The molecule has 0 atom stereocenters. The van der Waals surface area contributed by atoms with Crippen LogP contribution < -0.4 is 10.0 Å². The second-order valence-electron chi connectivity index (χ2n) is 4.27. The van der Waals surface area contributed by atoms with E-state index in [1.54, 1.807) is 6.07 Å². The van der Waals surface area contributed by atoms with Crippen molar-refractivity contribution in [3.63, 3.8) is 0 Å². The molecule has 6 nitrogen and oxygen atoms in total. The first-order valence-corrected chi connectivity index (χ1v) is 7.83. The molecule has 2 aromatic rings. The van der Waals surface area contributed by atoms with Crippen LogP contribution in [0.4, 0.5) is 15.9 Å². The van der Waals surface area contributed by atoms with Crippen LogP contribution in [-0.2, 0) is 10.0 Å². The SMILES string of the molecule is CCCNc1ccc(S(=O)(=O)Nc2ccncc2F)cn1. The monoisotopic (exact) mass is 310 g/mol. The lowest BCUT2D eigenvalue weighted by Gasteiger charge is -2.09. The van der Waals surface area contributed by atoms with Gasteiger partial charge in [0.1, 0.15) is 10.7 Å². The average Bonchev–Trinajstić information content (AvgIpc) is 2.48. The molecule has 2 heterocycles. The zero-order chi connectivity index (χ0) is 15.3. The Morgan fingerprint density at radius 2 is 2.05 bits per heavy atom. The molecule has 0 aliphatic heterocycles. The molecular formula is C13H15FN4O2S. The first-order valence-electron chi connectivity index (χ1n) is 6.35. The van der Waals surface area contributed by atoms with E-state index in [2.05, 4.69) is 20.0 Å². The smallest absolute Gasteiger partial charge is 0.263 e. The number of sulfonamides is 1. The minimum atomic E-state index is -3.88. The third-order valence-corrected chi connectivity index (χ3v) is 3.97. The summed E-state index contributed by atoms with van der Waals surface area (Å²) in [5.74, 6) is -0.152. The van der Waals surface area contributed by atoms with E-state index < -0.39 is 15.8 Å². The van der Waals surface area contributed by atoms with Gasteiger partial charge in [-0.25, -0.2) is 17.8 Å². The van der Waals surface area contributed by atoms with Crippen molar-refractivity contribution >= 4 is 21.5 Å². The van der Waals surface area contributed by atoms with Crippen LogP contribution in [-0.4, -0.2) is 24.9 Å². The van der Waals surface area contributed by atoms with Crippen molar-refractivity contribution in [1.29, 1.82) is 0 Å². The zero-order valence-electron chi connectivity index (χ0n) is 11.4. The number of hydrogen-bond acceptors (Lipinski definition) is 5. The lowest BCUT2D eigenvalue weighted by Crippen LogP contribution is -2.14. The van der Waals surface area contributed by atoms with E-state index in [9.17, 15) is 12.8 Å². The average molecular weight is 310 g/mol. The van der Waals surface area contributed by atoms with Crippen molar-refractivity contribution in [1.82, 2.24) is 9.97 Å². The van der Waals surface area contributed by atoms with Crippen LogP contribution in [0.5, 0.6) is 0 Å². The van der Waals surface area contributed by atoms with Gasteiger partial charge in [-0.1, -0.05) is 6.92 Å². The van der Waals surface area contributed by atoms with Crippen molar-refractivity contribution in [2.45, 2.75) is 18.2 Å². The molecule has 0 saturated heterocycles. The molecule has 0 amide bonds. The minimum absolute atomic E-state index is 0.0410. The Labute approximate surface area is 122 Å². The highest BCUT2D eigenvalue weighted by Gasteiger charge is 2.16. The van der Waals surface area contributed by atoms with Gasteiger partial charge in [-0.3, -0.25) is 9.71 Å². The summed E-state index contributed by atoms with van der Waals surface area (Å²) in [5, 5.41) is 3.04. The zero-order valence-corrected chi connectivity index (χ0v) is 12.2. The highest BCUT2D eigenvalue weighted by atomic mass is 32.2. The van der Waals surface area contributed by atoms with Crippen molar-refractivity contribution < 1.29 is 12.8 Å². The Hall–Kier alpha value is -2.22. The van der Waals surface area contributed by atoms with E-state index >= 15 is 0 Å². The summed E-state index contributed by atoms with van der Waals surface area (Å²) in [7, 11) is -3.88. The summed E-state index contributed by atoms with van der Waals surface area (Å²) in [4.78, 5) is 7.53. The predicted molar refractivity (Wildman–Crippen MR) is 78.0 cm³/mol. The number of nitrogens with one attached hydrogen (secondary N) is 2. The first-order chi connectivity index (χ1) is 10.0. The molecule has 0 bridgehead atoms. The van der Waals surface area contributed by atoms with E-state index in [1.165, 1.54) is 24.5 Å². The molecule has 2 N–H and O–H groups in total. The molecule has 21 heavy (non-hydrogen) atoms. The maximum absolute atomic E-state index is 13.4. The van der Waals surface area contributed by atoms with Crippen molar-refractivity contribution in [2.24, 2.45) is 0 Å². The second kappa shape index (κ2) is 6.49. The molecule has 0 unspecified atom stereocenters. The predicted octanol–water partition coefficient (Wildman–Crippen LogP) is 2.24. The van der Waals surface area contributed by atoms with E-state index in [4.69, 9.17) is 0 Å². The van der Waals surface area contributed by atoms with Gasteiger partial charge in [0.05, 0.1) is 11.9 Å². The number of rotatable bonds is 6. The number of aromatic nitrogens is 2. The molecule has 0 radical (unpaired) electrons. The molecule has 112 valence electrons. The third-order valence-electron chi connectivity index (χ3n) is 2.62. The van der Waals surface area contributed by atoms with Crippen LogP contribution in [0.25, 0.3) is 0 Å². The largest absolute Gasteiger partial charge is 0.370 e. The maximum atomic E-state index is 13.4. The molecule has 2 aromatic heterocycles. The van der Waals surface area contributed by atoms with Gasteiger partial charge in [-0.2, -0.15) is 0 Å². The molecule has 0 aliphatic carbocycles. The van der Waals surface area contributed by atoms with E-state index in [0.29, 0.717) is 5.82 Å². The summed E-state index contributed by atoms with van der Waals surface area (Å²) in [6.45, 7) is 2.76. The van der Waals surface area contributed by atoms with Crippen LogP contribution in [0.3, 0.4) is 0 Å². The van der Waals surface area contributed by atoms with E-state index in [0.717, 1.165) is 19.2 Å². The Balaban J connectivity index is 2.18. The molecule has 0 fully saturated rings. The highest BCUT2D eigenvalue weighted by Crippen LogP contribution is 2.18. The summed E-state index contributed by atoms with van der Waals surface area (Å²) < 4.78 is 39.8. The summed E-state index contributed by atoms with van der Waals surface area (Å²) >= 11 is 0. The fraction of sp³-hybridized carbons (Fsp3) is 0.231. The summed E-state index contributed by atoms with van der Waals surface area (Å²) in [5.41, 5.74) is -0.154. The van der Waals surface area contributed by atoms with Crippen LogP contribution in [0, 0.1) is 5.82 Å². The van der Waals surface area contributed by atoms with Gasteiger partial charge in [0.15, 0.2) is 5.82 Å². The number of halogens is 1. The maximum Gasteiger partial charge on any atom is 0.263 e. The Morgan fingerprint density at radius 1 is 1.24 bits per heavy atom. The number of anilines is 2. The van der Waals surface area contributed by atoms with Crippen LogP contribution >= 0.6 is 0 Å². The minimum Gasteiger partial charge on any atom is -0.370 e. The second-order valence-corrected chi connectivity index (χ2v) is 5.95. The van der Waals surface area contributed by atoms with E-state index in [1.807, 2.05) is 6.92 Å². The van der Waals surface area contributed by atoms with Crippen molar-refractivity contribution in [3.8, 4) is 0 Å². The topological polar surface area (TPSA) is 84.0 Å². The van der Waals surface area contributed by atoms with Gasteiger partial charge in [-0.15, -0.1) is 0 Å². The lowest BCUT2D eigenvalue weighted by atomic mass is 10.4. The standard InChI is InChI=1S/C13H15FN4O2S/c1-2-6-16-13-4-3-10(8-17-13)21(19,20)18-12-5-7-15-9-11(12)14/h3-5,7-9H,2,6H2,1H3,(H,15,18)(H,16,17). The van der Waals surface area contributed by atoms with Gasteiger partial charge < -0.3 is 5.32 Å². The third kappa shape index (κ3) is 3.88. The van der Waals surface area contributed by atoms with Crippen LogP contribution in [0.2, 0.25) is 0 Å². The molecular weight excluding hydrogens is 295 g/mol. The first kappa shape index (κ1) is 15.2.